The number of carbonyl (C=O) groups excluding carboxylic acids is 4. The number of imidazole rings is 1. The van der Waals surface area contributed by atoms with Gasteiger partial charge in [-0.2, -0.15) is 0 Å². The predicted molar refractivity (Wildman–Crippen MR) is 184 cm³/mol. The average molecular weight is 674 g/mol. The molecular weight excluding hydrogens is 625 g/mol. The minimum Gasteiger partial charge on any atom is -0.347 e. The molecule has 0 saturated carbocycles. The molecule has 1 aromatic heterocycles. The monoisotopic (exact) mass is 673 g/mol. The molecule has 5 rings (SSSR count). The molecule has 49 heavy (non-hydrogen) atoms. The van der Waals surface area contributed by atoms with Crippen molar-refractivity contribution in [1.29, 1.82) is 0 Å². The van der Waals surface area contributed by atoms with Crippen LogP contribution in [0.5, 0.6) is 0 Å². The summed E-state index contributed by atoms with van der Waals surface area (Å²) in [5.41, 5.74) is 1.09. The van der Waals surface area contributed by atoms with Crippen molar-refractivity contribution in [1.82, 2.24) is 35.3 Å². The van der Waals surface area contributed by atoms with Gasteiger partial charge < -0.3 is 30.3 Å². The highest BCUT2D eigenvalue weighted by molar-refractivity contribution is 5.95. The van der Waals surface area contributed by atoms with Crippen LogP contribution in [0.15, 0.2) is 60.8 Å². The lowest BCUT2D eigenvalue weighted by Crippen LogP contribution is -2.59. The lowest BCUT2D eigenvalue weighted by Gasteiger charge is -2.37. The number of aryl methyl sites for hydroxylation is 2. The highest BCUT2D eigenvalue weighted by Gasteiger charge is 2.44. The Morgan fingerprint density at radius 3 is 2.43 bits per heavy atom. The van der Waals surface area contributed by atoms with E-state index in [4.69, 9.17) is 0 Å². The van der Waals surface area contributed by atoms with Gasteiger partial charge in [-0.05, 0) is 68.5 Å². The first-order chi connectivity index (χ1) is 23.3. The standard InChI is InChI=1S/C37H48FN7O4/c1-24(39-5)33(46)42-32(37(2,3)4)36(49)45-21-28(40-34(47)26-10-7-6-8-11-26)20-29(45)22-44(19-17-25-13-15-27(38)16-14-25)35(48)30-23-43-18-9-12-31(43)41-30/h6-8,10-11,13-16,23-24,28-29,32,39H,9,12,17-22H2,1-5H3,(H,40,47)(H,42,46). The van der Waals surface area contributed by atoms with Crippen LogP contribution in [0.2, 0.25) is 0 Å². The normalized spacial score (nSPS) is 18.4. The molecule has 2 aliphatic heterocycles. The lowest BCUT2D eigenvalue weighted by molar-refractivity contribution is -0.140. The third-order valence-corrected chi connectivity index (χ3v) is 9.47. The molecule has 3 aromatic rings. The zero-order valence-electron chi connectivity index (χ0n) is 29.0. The Bertz CT molecular complexity index is 1610. The van der Waals surface area contributed by atoms with Gasteiger partial charge in [-0.1, -0.05) is 51.1 Å². The third kappa shape index (κ3) is 8.72. The summed E-state index contributed by atoms with van der Waals surface area (Å²) >= 11 is 0. The van der Waals surface area contributed by atoms with Crippen LogP contribution in [-0.4, -0.2) is 93.8 Å². The van der Waals surface area contributed by atoms with E-state index in [1.54, 1.807) is 66.4 Å². The Morgan fingerprint density at radius 1 is 1.06 bits per heavy atom. The molecule has 11 nitrogen and oxygen atoms in total. The van der Waals surface area contributed by atoms with Crippen molar-refractivity contribution < 1.29 is 23.6 Å². The fourth-order valence-electron chi connectivity index (χ4n) is 6.50. The summed E-state index contributed by atoms with van der Waals surface area (Å²) in [6.45, 7) is 8.94. The van der Waals surface area contributed by atoms with Crippen LogP contribution in [0, 0.1) is 11.2 Å². The number of aromatic nitrogens is 2. The third-order valence-electron chi connectivity index (χ3n) is 9.47. The van der Waals surface area contributed by atoms with Crippen molar-refractivity contribution >= 4 is 23.6 Å². The number of nitrogens with one attached hydrogen (secondary N) is 3. The molecule has 3 N–H and O–H groups in total. The van der Waals surface area contributed by atoms with E-state index in [0.717, 1.165) is 30.8 Å². The quantitative estimate of drug-likeness (QED) is 0.271. The summed E-state index contributed by atoms with van der Waals surface area (Å²) in [6, 6.07) is 12.9. The van der Waals surface area contributed by atoms with Gasteiger partial charge in [0.2, 0.25) is 11.8 Å². The molecule has 2 aliphatic rings. The van der Waals surface area contributed by atoms with Gasteiger partial charge in [0.15, 0.2) is 0 Å². The number of likely N-dealkylation sites (tertiary alicyclic amines) is 1. The Morgan fingerprint density at radius 2 is 1.78 bits per heavy atom. The van der Waals surface area contributed by atoms with Crippen molar-refractivity contribution in [2.75, 3.05) is 26.7 Å². The van der Waals surface area contributed by atoms with Crippen LogP contribution >= 0.6 is 0 Å². The summed E-state index contributed by atoms with van der Waals surface area (Å²) in [6.07, 6.45) is 4.46. The topological polar surface area (TPSA) is 129 Å². The minimum absolute atomic E-state index is 0.184. The molecular formula is C37H48FN7O4. The number of likely N-dealkylation sites (N-methyl/N-ethyl adjacent to an activating group) is 1. The van der Waals surface area contributed by atoms with E-state index in [-0.39, 0.29) is 48.6 Å². The second-order valence-electron chi connectivity index (χ2n) is 14.2. The Kier molecular flexibility index (Phi) is 11.2. The molecule has 0 radical (unpaired) electrons. The van der Waals surface area contributed by atoms with E-state index >= 15 is 0 Å². The van der Waals surface area contributed by atoms with Crippen LogP contribution < -0.4 is 16.0 Å². The van der Waals surface area contributed by atoms with E-state index < -0.39 is 23.5 Å². The summed E-state index contributed by atoms with van der Waals surface area (Å²) in [4.78, 5) is 63.0. The van der Waals surface area contributed by atoms with Gasteiger partial charge in [-0.15, -0.1) is 0 Å². The second-order valence-corrected chi connectivity index (χ2v) is 14.2. The number of halogens is 1. The van der Waals surface area contributed by atoms with Gasteiger partial charge in [-0.25, -0.2) is 9.37 Å². The summed E-state index contributed by atoms with van der Waals surface area (Å²) in [5.74, 6) is -0.544. The second kappa shape index (κ2) is 15.3. The molecule has 0 spiro atoms. The molecule has 0 bridgehead atoms. The molecule has 1 saturated heterocycles. The van der Waals surface area contributed by atoms with E-state index in [9.17, 15) is 23.6 Å². The number of benzene rings is 2. The number of hydrogen-bond acceptors (Lipinski definition) is 6. The fourth-order valence-corrected chi connectivity index (χ4v) is 6.50. The van der Waals surface area contributed by atoms with Crippen LogP contribution in [0.1, 0.15) is 72.8 Å². The van der Waals surface area contributed by atoms with E-state index in [2.05, 4.69) is 20.9 Å². The lowest BCUT2D eigenvalue weighted by atomic mass is 9.85. The van der Waals surface area contributed by atoms with Gasteiger partial charge >= 0.3 is 0 Å². The van der Waals surface area contributed by atoms with Gasteiger partial charge in [0.25, 0.3) is 11.8 Å². The minimum atomic E-state index is -0.860. The van der Waals surface area contributed by atoms with Crippen molar-refractivity contribution in [3.8, 4) is 0 Å². The van der Waals surface area contributed by atoms with Gasteiger partial charge in [0, 0.05) is 50.4 Å². The average Bonchev–Trinajstić information content (AvgIpc) is 3.81. The number of hydrogen-bond donors (Lipinski definition) is 3. The van der Waals surface area contributed by atoms with Crippen molar-refractivity contribution in [2.24, 2.45) is 5.41 Å². The molecule has 3 heterocycles. The molecule has 4 unspecified atom stereocenters. The zero-order chi connectivity index (χ0) is 35.3. The molecule has 4 amide bonds. The van der Waals surface area contributed by atoms with Crippen molar-refractivity contribution in [3.05, 3.63) is 89.3 Å². The summed E-state index contributed by atoms with van der Waals surface area (Å²) in [7, 11) is 1.68. The molecule has 4 atom stereocenters. The van der Waals surface area contributed by atoms with E-state index in [1.807, 2.05) is 31.4 Å². The fraction of sp³-hybridized carbons (Fsp3) is 0.486. The SMILES string of the molecule is CNC(C)C(=O)NC(C(=O)N1CC(NC(=O)c2ccccc2)CC1CN(CCc1ccc(F)cc1)C(=O)c1cn2c(n1)CCC2)C(C)(C)C. The highest BCUT2D eigenvalue weighted by atomic mass is 19.1. The Balaban J connectivity index is 1.44. The molecule has 12 heteroatoms. The number of rotatable bonds is 12. The molecule has 2 aromatic carbocycles. The van der Waals surface area contributed by atoms with Crippen LogP contribution in [-0.2, 0) is 29.0 Å². The highest BCUT2D eigenvalue weighted by Crippen LogP contribution is 2.28. The zero-order valence-corrected chi connectivity index (χ0v) is 29.0. The maximum absolute atomic E-state index is 14.5. The first-order valence-corrected chi connectivity index (χ1v) is 17.1. The van der Waals surface area contributed by atoms with Crippen molar-refractivity contribution in [2.45, 2.75) is 84.1 Å². The van der Waals surface area contributed by atoms with Gasteiger partial charge in [0.1, 0.15) is 23.4 Å². The number of amides is 4. The Hall–Kier alpha value is -4.58. The number of fused-ring (bicyclic) bond motifs is 1. The molecule has 1 fully saturated rings. The largest absolute Gasteiger partial charge is 0.347 e. The smallest absolute Gasteiger partial charge is 0.274 e. The maximum atomic E-state index is 14.5. The van der Waals surface area contributed by atoms with Gasteiger partial charge in [0.05, 0.1) is 12.1 Å². The summed E-state index contributed by atoms with van der Waals surface area (Å²) < 4.78 is 15.7. The Labute approximate surface area is 287 Å². The molecule has 0 aliphatic carbocycles. The maximum Gasteiger partial charge on any atom is 0.274 e. The molecule has 262 valence electrons. The predicted octanol–water partition coefficient (Wildman–Crippen LogP) is 3.19. The van der Waals surface area contributed by atoms with Crippen LogP contribution in [0.4, 0.5) is 4.39 Å². The van der Waals surface area contributed by atoms with Crippen LogP contribution in [0.25, 0.3) is 0 Å². The van der Waals surface area contributed by atoms with E-state index in [0.29, 0.717) is 30.6 Å². The van der Waals surface area contributed by atoms with Crippen LogP contribution in [0.3, 0.4) is 0 Å². The van der Waals surface area contributed by atoms with E-state index in [1.165, 1.54) is 12.1 Å². The first kappa shape index (κ1) is 35.7. The number of nitrogens with zero attached hydrogens (tertiary/aromatic N) is 4. The first-order valence-electron chi connectivity index (χ1n) is 17.1. The van der Waals surface area contributed by atoms with Gasteiger partial charge in [-0.3, -0.25) is 19.2 Å². The number of carbonyl (C=O) groups is 4. The van der Waals surface area contributed by atoms with Crippen molar-refractivity contribution in [3.63, 3.8) is 0 Å². The summed E-state index contributed by atoms with van der Waals surface area (Å²) in [5, 5.41) is 8.98.